The highest BCUT2D eigenvalue weighted by atomic mass is 19.4. The van der Waals surface area contributed by atoms with Crippen LogP contribution in [-0.4, -0.2) is 37.9 Å². The maximum Gasteiger partial charge on any atom is 0.405 e. The minimum atomic E-state index is -4.36. The van der Waals surface area contributed by atoms with Gasteiger partial charge >= 0.3 is 12.2 Å². The summed E-state index contributed by atoms with van der Waals surface area (Å²) in [6, 6.07) is -0.286. The average Bonchev–Trinajstić information content (AvgIpc) is 2.25. The molecule has 7 heteroatoms. The van der Waals surface area contributed by atoms with Gasteiger partial charge in [-0.2, -0.15) is 13.2 Å². The molecule has 4 nitrogen and oxygen atoms in total. The Morgan fingerprint density at radius 1 is 1.35 bits per heavy atom. The van der Waals surface area contributed by atoms with E-state index in [-0.39, 0.29) is 0 Å². The van der Waals surface area contributed by atoms with Crippen molar-refractivity contribution >= 4 is 6.03 Å². The van der Waals surface area contributed by atoms with Crippen molar-refractivity contribution in [3.05, 3.63) is 0 Å². The molecule has 0 bridgehead atoms. The Morgan fingerprint density at radius 2 is 2.06 bits per heavy atom. The number of urea groups is 1. The van der Waals surface area contributed by atoms with Crippen molar-refractivity contribution < 1.29 is 18.0 Å². The Bertz CT molecular complexity index is 250. The molecule has 1 aliphatic heterocycles. The van der Waals surface area contributed by atoms with Gasteiger partial charge in [-0.3, -0.25) is 0 Å². The quantitative estimate of drug-likeness (QED) is 0.708. The van der Waals surface area contributed by atoms with Crippen LogP contribution in [0.5, 0.6) is 0 Å². The number of hydrogen-bond acceptors (Lipinski definition) is 2. The summed E-state index contributed by atoms with van der Waals surface area (Å²) in [7, 11) is 0. The van der Waals surface area contributed by atoms with Gasteiger partial charge in [0.05, 0.1) is 0 Å². The van der Waals surface area contributed by atoms with Gasteiger partial charge in [-0.05, 0) is 32.2 Å². The molecule has 2 unspecified atom stereocenters. The fourth-order valence-electron chi connectivity index (χ4n) is 1.71. The second-order valence-corrected chi connectivity index (χ2v) is 4.43. The molecule has 2 amide bonds. The van der Waals surface area contributed by atoms with E-state index < -0.39 is 18.8 Å². The van der Waals surface area contributed by atoms with Gasteiger partial charge in [0.2, 0.25) is 0 Å². The minimum absolute atomic E-state index is 0.294. The van der Waals surface area contributed by atoms with Crippen LogP contribution in [0.15, 0.2) is 0 Å². The molecular formula is C10H18F3N3O. The second-order valence-electron chi connectivity index (χ2n) is 4.43. The number of amides is 2. The molecule has 0 saturated carbocycles. The maximum atomic E-state index is 11.8. The third kappa shape index (κ3) is 6.35. The summed E-state index contributed by atoms with van der Waals surface area (Å²) >= 11 is 0. The van der Waals surface area contributed by atoms with Gasteiger partial charge in [-0.1, -0.05) is 0 Å². The minimum Gasteiger partial charge on any atom is -0.338 e. The standard InChI is InChI=1S/C10H18F3N3O/c1-7-2-3-8(4-14-7)5-15-9(17)16-6-10(11,12)13/h7-8,14H,2-6H2,1H3,(H2,15,16,17). The molecule has 0 aromatic carbocycles. The Hall–Kier alpha value is -0.980. The van der Waals surface area contributed by atoms with Crippen molar-refractivity contribution in [1.29, 1.82) is 0 Å². The zero-order valence-corrected chi connectivity index (χ0v) is 9.73. The van der Waals surface area contributed by atoms with E-state index in [2.05, 4.69) is 17.6 Å². The summed E-state index contributed by atoms with van der Waals surface area (Å²) in [4.78, 5) is 11.1. The molecule has 1 aliphatic rings. The number of halogens is 3. The first-order valence-electron chi connectivity index (χ1n) is 5.68. The topological polar surface area (TPSA) is 53.2 Å². The molecule has 0 aromatic heterocycles. The second kappa shape index (κ2) is 6.09. The van der Waals surface area contributed by atoms with Crippen LogP contribution in [0.4, 0.5) is 18.0 Å². The fourth-order valence-corrected chi connectivity index (χ4v) is 1.71. The largest absolute Gasteiger partial charge is 0.405 e. The summed E-state index contributed by atoms with van der Waals surface area (Å²) in [6.45, 7) is 1.99. The summed E-state index contributed by atoms with van der Waals surface area (Å²) in [5.41, 5.74) is 0. The first kappa shape index (κ1) is 14.1. The van der Waals surface area contributed by atoms with E-state index in [1.807, 2.05) is 0 Å². The van der Waals surface area contributed by atoms with E-state index in [1.54, 1.807) is 5.32 Å². The van der Waals surface area contributed by atoms with E-state index in [1.165, 1.54) is 0 Å². The van der Waals surface area contributed by atoms with Crippen molar-refractivity contribution in [2.24, 2.45) is 5.92 Å². The van der Waals surface area contributed by atoms with Gasteiger partial charge in [-0.25, -0.2) is 4.79 Å². The molecule has 0 spiro atoms. The number of rotatable bonds is 3. The smallest absolute Gasteiger partial charge is 0.338 e. The SMILES string of the molecule is CC1CCC(CNC(=O)NCC(F)(F)F)CN1. The number of carbonyl (C=O) groups is 1. The fraction of sp³-hybridized carbons (Fsp3) is 0.900. The van der Waals surface area contributed by atoms with Crippen LogP contribution < -0.4 is 16.0 Å². The van der Waals surface area contributed by atoms with Gasteiger partial charge < -0.3 is 16.0 Å². The normalized spacial score (nSPS) is 25.4. The summed E-state index contributed by atoms with van der Waals surface area (Å²) in [5, 5.41) is 7.49. The monoisotopic (exact) mass is 253 g/mol. The Morgan fingerprint density at radius 3 is 2.59 bits per heavy atom. The third-order valence-corrected chi connectivity index (χ3v) is 2.76. The summed E-state index contributed by atoms with van der Waals surface area (Å²) in [6.07, 6.45) is -2.36. The zero-order chi connectivity index (χ0) is 12.9. The van der Waals surface area contributed by atoms with E-state index >= 15 is 0 Å². The molecule has 17 heavy (non-hydrogen) atoms. The Labute approximate surface area is 98.3 Å². The van der Waals surface area contributed by atoms with Crippen LogP contribution in [0.1, 0.15) is 19.8 Å². The van der Waals surface area contributed by atoms with Gasteiger partial charge in [0.1, 0.15) is 6.54 Å². The van der Waals surface area contributed by atoms with Crippen molar-refractivity contribution in [2.75, 3.05) is 19.6 Å². The van der Waals surface area contributed by atoms with E-state index in [9.17, 15) is 18.0 Å². The number of carbonyl (C=O) groups excluding carboxylic acids is 1. The van der Waals surface area contributed by atoms with Crippen LogP contribution in [0, 0.1) is 5.92 Å². The molecule has 1 fully saturated rings. The molecule has 100 valence electrons. The molecule has 2 atom stereocenters. The third-order valence-electron chi connectivity index (χ3n) is 2.76. The first-order chi connectivity index (χ1) is 7.87. The lowest BCUT2D eigenvalue weighted by molar-refractivity contribution is -0.122. The van der Waals surface area contributed by atoms with Crippen LogP contribution >= 0.6 is 0 Å². The number of hydrogen-bond donors (Lipinski definition) is 3. The van der Waals surface area contributed by atoms with E-state index in [0.29, 0.717) is 18.5 Å². The zero-order valence-electron chi connectivity index (χ0n) is 9.73. The van der Waals surface area contributed by atoms with E-state index in [4.69, 9.17) is 0 Å². The predicted octanol–water partition coefficient (Wildman–Crippen LogP) is 1.24. The van der Waals surface area contributed by atoms with Crippen LogP contribution in [0.3, 0.4) is 0 Å². The van der Waals surface area contributed by atoms with Crippen molar-refractivity contribution in [3.63, 3.8) is 0 Å². The molecule has 1 saturated heterocycles. The Kier molecular flexibility index (Phi) is 5.04. The molecule has 0 aliphatic carbocycles. The number of nitrogens with one attached hydrogen (secondary N) is 3. The molecule has 1 rings (SSSR count). The first-order valence-corrected chi connectivity index (χ1v) is 5.68. The molecule has 1 heterocycles. The van der Waals surface area contributed by atoms with Crippen molar-refractivity contribution in [2.45, 2.75) is 32.0 Å². The van der Waals surface area contributed by atoms with Gasteiger partial charge in [0.25, 0.3) is 0 Å². The van der Waals surface area contributed by atoms with Gasteiger partial charge in [0.15, 0.2) is 0 Å². The summed E-state index contributed by atoms with van der Waals surface area (Å²) in [5.74, 6) is 0.294. The molecule has 0 radical (unpaired) electrons. The van der Waals surface area contributed by atoms with Crippen molar-refractivity contribution in [1.82, 2.24) is 16.0 Å². The lowest BCUT2D eigenvalue weighted by Gasteiger charge is -2.27. The predicted molar refractivity (Wildman–Crippen MR) is 57.6 cm³/mol. The molecule has 0 aromatic rings. The lowest BCUT2D eigenvalue weighted by atomic mass is 9.95. The highest BCUT2D eigenvalue weighted by Crippen LogP contribution is 2.13. The van der Waals surface area contributed by atoms with Crippen LogP contribution in [0.2, 0.25) is 0 Å². The Balaban J connectivity index is 2.11. The summed E-state index contributed by atoms with van der Waals surface area (Å²) < 4.78 is 35.4. The highest BCUT2D eigenvalue weighted by molar-refractivity contribution is 5.73. The molecule has 3 N–H and O–H groups in total. The number of alkyl halides is 3. The van der Waals surface area contributed by atoms with Crippen LogP contribution in [0.25, 0.3) is 0 Å². The van der Waals surface area contributed by atoms with E-state index in [0.717, 1.165) is 19.4 Å². The maximum absolute atomic E-state index is 11.8. The highest BCUT2D eigenvalue weighted by Gasteiger charge is 2.27. The van der Waals surface area contributed by atoms with Crippen LogP contribution in [-0.2, 0) is 0 Å². The molecular weight excluding hydrogens is 235 g/mol. The lowest BCUT2D eigenvalue weighted by Crippen LogP contribution is -2.46. The average molecular weight is 253 g/mol. The number of piperidine rings is 1. The van der Waals surface area contributed by atoms with Crippen molar-refractivity contribution in [3.8, 4) is 0 Å². The van der Waals surface area contributed by atoms with Gasteiger partial charge in [0, 0.05) is 12.6 Å². The van der Waals surface area contributed by atoms with Gasteiger partial charge in [-0.15, -0.1) is 0 Å².